The first kappa shape index (κ1) is 20.4. The Morgan fingerprint density at radius 1 is 1.20 bits per heavy atom. The zero-order valence-corrected chi connectivity index (χ0v) is 18.0. The van der Waals surface area contributed by atoms with Crippen molar-refractivity contribution in [2.75, 3.05) is 25.3 Å². The van der Waals surface area contributed by atoms with Crippen LogP contribution in [0.2, 0.25) is 5.02 Å². The van der Waals surface area contributed by atoms with Gasteiger partial charge in [-0.1, -0.05) is 23.7 Å². The van der Waals surface area contributed by atoms with Gasteiger partial charge < -0.3 is 4.74 Å². The van der Waals surface area contributed by atoms with Gasteiger partial charge in [0.1, 0.15) is 0 Å². The predicted octanol–water partition coefficient (Wildman–Crippen LogP) is 2.00. The van der Waals surface area contributed by atoms with Crippen LogP contribution in [0.15, 0.2) is 39.0 Å². The fourth-order valence-electron chi connectivity index (χ4n) is 3.62. The molecule has 2 aromatic heterocycles. The predicted molar refractivity (Wildman–Crippen MR) is 117 cm³/mol. The summed E-state index contributed by atoms with van der Waals surface area (Å²) in [6.45, 7) is 4.96. The number of aryl methyl sites for hydroxylation is 1. The summed E-state index contributed by atoms with van der Waals surface area (Å²) in [5.41, 5.74) is 1.57. The number of imidazole rings is 1. The first-order chi connectivity index (χ1) is 14.3. The molecule has 1 aliphatic heterocycles. The number of methoxy groups -OCH3 is 1. The average molecular weight is 431 g/mol. The molecule has 3 heterocycles. The molecule has 0 aliphatic carbocycles. The molecule has 0 radical (unpaired) electrons. The highest BCUT2D eigenvalue weighted by atomic mass is 35.5. The molecule has 0 unspecified atom stereocenters. The van der Waals surface area contributed by atoms with Crippen LogP contribution in [0, 0.1) is 0 Å². The SMILES string of the molecule is COCCN1N=C(C)[C@@H](C)n2c1nc1c2c(=O)n(Cc2ccc(Cl)cc2)c(=O)n1C. The minimum absolute atomic E-state index is 0.147. The van der Waals surface area contributed by atoms with Crippen LogP contribution in [0.5, 0.6) is 0 Å². The summed E-state index contributed by atoms with van der Waals surface area (Å²) >= 11 is 5.95. The van der Waals surface area contributed by atoms with Crippen LogP contribution in [-0.2, 0) is 18.3 Å². The van der Waals surface area contributed by atoms with Crippen LogP contribution in [0.4, 0.5) is 5.95 Å². The first-order valence-corrected chi connectivity index (χ1v) is 9.99. The van der Waals surface area contributed by atoms with Crippen LogP contribution in [0.3, 0.4) is 0 Å². The number of fused-ring (bicyclic) bond motifs is 3. The number of ether oxygens (including phenoxy) is 1. The molecule has 0 spiro atoms. The maximum atomic E-state index is 13.5. The molecule has 9 nitrogen and oxygen atoms in total. The van der Waals surface area contributed by atoms with E-state index in [1.807, 2.05) is 18.4 Å². The van der Waals surface area contributed by atoms with Crippen molar-refractivity contribution in [2.45, 2.75) is 26.4 Å². The minimum atomic E-state index is -0.424. The zero-order valence-electron chi connectivity index (χ0n) is 17.3. The van der Waals surface area contributed by atoms with Crippen molar-refractivity contribution in [1.29, 1.82) is 0 Å². The summed E-state index contributed by atoms with van der Waals surface area (Å²) in [7, 11) is 3.24. The Balaban J connectivity index is 1.93. The maximum absolute atomic E-state index is 13.5. The van der Waals surface area contributed by atoms with Crippen LogP contribution < -0.4 is 16.3 Å². The molecule has 4 rings (SSSR count). The summed E-state index contributed by atoms with van der Waals surface area (Å²) in [5, 5.41) is 6.91. The zero-order chi connectivity index (χ0) is 21.6. The second kappa shape index (κ2) is 7.73. The van der Waals surface area contributed by atoms with Gasteiger partial charge in [0, 0.05) is 19.2 Å². The standard InChI is InChI=1S/C20H23ClN6O3/c1-12-13(2)27-16-17(22-19(27)26(23-12)9-10-30-4)24(3)20(29)25(18(16)28)11-14-5-7-15(21)8-6-14/h5-8,13H,9-11H2,1-4H3/t13-/m1/s1. The van der Waals surface area contributed by atoms with E-state index in [0.717, 1.165) is 11.3 Å². The molecular formula is C20H23ClN6O3. The van der Waals surface area contributed by atoms with Crippen molar-refractivity contribution < 1.29 is 4.74 Å². The van der Waals surface area contributed by atoms with Gasteiger partial charge in [-0.25, -0.2) is 9.80 Å². The van der Waals surface area contributed by atoms with Gasteiger partial charge in [0.2, 0.25) is 5.95 Å². The van der Waals surface area contributed by atoms with E-state index in [4.69, 9.17) is 16.3 Å². The number of aromatic nitrogens is 4. The van der Waals surface area contributed by atoms with E-state index in [-0.39, 0.29) is 18.1 Å². The van der Waals surface area contributed by atoms with Crippen molar-refractivity contribution in [3.05, 3.63) is 55.7 Å². The Hall–Kier alpha value is -2.91. The lowest BCUT2D eigenvalue weighted by atomic mass is 10.2. The second-order valence-electron chi connectivity index (χ2n) is 7.35. The van der Waals surface area contributed by atoms with E-state index >= 15 is 0 Å². The highest BCUT2D eigenvalue weighted by Gasteiger charge is 2.30. The molecule has 1 atom stereocenters. The number of halogens is 1. The molecular weight excluding hydrogens is 408 g/mol. The van der Waals surface area contributed by atoms with Gasteiger partial charge in [0.15, 0.2) is 11.2 Å². The van der Waals surface area contributed by atoms with E-state index in [2.05, 4.69) is 10.1 Å². The summed E-state index contributed by atoms with van der Waals surface area (Å²) in [5.74, 6) is 0.525. The Morgan fingerprint density at radius 3 is 2.57 bits per heavy atom. The fraction of sp³-hybridized carbons (Fsp3) is 0.400. The van der Waals surface area contributed by atoms with Crippen molar-refractivity contribution in [3.8, 4) is 0 Å². The van der Waals surface area contributed by atoms with Crippen molar-refractivity contribution in [1.82, 2.24) is 18.7 Å². The van der Waals surface area contributed by atoms with Crippen LogP contribution >= 0.6 is 11.6 Å². The van der Waals surface area contributed by atoms with E-state index in [0.29, 0.717) is 35.3 Å². The molecule has 30 heavy (non-hydrogen) atoms. The largest absolute Gasteiger partial charge is 0.383 e. The molecule has 158 valence electrons. The van der Waals surface area contributed by atoms with Crippen LogP contribution in [-0.4, -0.2) is 44.7 Å². The lowest BCUT2D eigenvalue weighted by Crippen LogP contribution is -2.40. The summed E-state index contributed by atoms with van der Waals surface area (Å²) < 4.78 is 9.67. The number of hydrogen-bond donors (Lipinski definition) is 0. The first-order valence-electron chi connectivity index (χ1n) is 9.61. The number of rotatable bonds is 5. The molecule has 1 aromatic carbocycles. The third-order valence-electron chi connectivity index (χ3n) is 5.42. The average Bonchev–Trinajstić information content (AvgIpc) is 3.14. The molecule has 0 N–H and O–H groups in total. The minimum Gasteiger partial charge on any atom is -0.383 e. The number of hydrazone groups is 1. The third kappa shape index (κ3) is 3.23. The quantitative estimate of drug-likeness (QED) is 0.618. The van der Waals surface area contributed by atoms with Crippen molar-refractivity contribution in [2.24, 2.45) is 12.1 Å². The molecule has 0 fully saturated rings. The second-order valence-corrected chi connectivity index (χ2v) is 7.78. The van der Waals surface area contributed by atoms with Crippen LogP contribution in [0.1, 0.15) is 25.5 Å². The Kier molecular flexibility index (Phi) is 5.25. The van der Waals surface area contributed by atoms with E-state index in [1.165, 1.54) is 9.13 Å². The molecule has 0 bridgehead atoms. The van der Waals surface area contributed by atoms with Gasteiger partial charge in [0.05, 0.1) is 31.4 Å². The van der Waals surface area contributed by atoms with Gasteiger partial charge in [0.25, 0.3) is 5.56 Å². The number of benzene rings is 1. The summed E-state index contributed by atoms with van der Waals surface area (Å²) in [6.07, 6.45) is 0. The number of hydrogen-bond acceptors (Lipinski definition) is 6. The van der Waals surface area contributed by atoms with Crippen LogP contribution in [0.25, 0.3) is 11.2 Å². The Labute approximate surface area is 177 Å². The summed E-state index contributed by atoms with van der Waals surface area (Å²) in [4.78, 5) is 31.0. The van der Waals surface area contributed by atoms with Gasteiger partial charge >= 0.3 is 5.69 Å². The topological polar surface area (TPSA) is 86.7 Å². The normalized spacial score (nSPS) is 16.1. The number of nitrogens with zero attached hydrogens (tertiary/aromatic N) is 6. The van der Waals surface area contributed by atoms with E-state index in [9.17, 15) is 9.59 Å². The monoisotopic (exact) mass is 430 g/mol. The third-order valence-corrected chi connectivity index (χ3v) is 5.67. The van der Waals surface area contributed by atoms with Crippen molar-refractivity contribution >= 4 is 34.4 Å². The number of anilines is 1. The maximum Gasteiger partial charge on any atom is 0.332 e. The highest BCUT2D eigenvalue weighted by Crippen LogP contribution is 2.29. The lowest BCUT2D eigenvalue weighted by molar-refractivity contribution is 0.204. The van der Waals surface area contributed by atoms with Gasteiger partial charge in [-0.15, -0.1) is 0 Å². The molecule has 0 saturated carbocycles. The summed E-state index contributed by atoms with van der Waals surface area (Å²) in [6, 6.07) is 6.91. The van der Waals surface area contributed by atoms with Gasteiger partial charge in [-0.2, -0.15) is 10.1 Å². The smallest absolute Gasteiger partial charge is 0.332 e. The highest BCUT2D eigenvalue weighted by molar-refractivity contribution is 6.30. The lowest BCUT2D eigenvalue weighted by Gasteiger charge is -2.28. The molecule has 3 aromatic rings. The van der Waals surface area contributed by atoms with Gasteiger partial charge in [-0.3, -0.25) is 18.5 Å². The van der Waals surface area contributed by atoms with E-state index in [1.54, 1.807) is 43.4 Å². The van der Waals surface area contributed by atoms with Crippen molar-refractivity contribution in [3.63, 3.8) is 0 Å². The molecule has 10 heteroatoms. The Morgan fingerprint density at radius 2 is 1.90 bits per heavy atom. The molecule has 1 aliphatic rings. The van der Waals surface area contributed by atoms with Gasteiger partial charge in [-0.05, 0) is 31.5 Å². The fourth-order valence-corrected chi connectivity index (χ4v) is 3.75. The van der Waals surface area contributed by atoms with E-state index < -0.39 is 5.69 Å². The molecule has 0 amide bonds. The molecule has 0 saturated heterocycles. The Bertz CT molecular complexity index is 1250.